The lowest BCUT2D eigenvalue weighted by molar-refractivity contribution is -0.121. The lowest BCUT2D eigenvalue weighted by Crippen LogP contribution is -2.27. The van der Waals surface area contributed by atoms with Crippen LogP contribution >= 0.6 is 0 Å². The van der Waals surface area contributed by atoms with Gasteiger partial charge in [0.1, 0.15) is 5.82 Å². The van der Waals surface area contributed by atoms with Gasteiger partial charge in [-0.1, -0.05) is 19.9 Å². The first-order chi connectivity index (χ1) is 12.9. The van der Waals surface area contributed by atoms with Crippen molar-refractivity contribution in [1.29, 1.82) is 0 Å². The third kappa shape index (κ3) is 4.07. The van der Waals surface area contributed by atoms with Gasteiger partial charge >= 0.3 is 5.56 Å². The summed E-state index contributed by atoms with van der Waals surface area (Å²) in [5.74, 6) is 0.990. The first-order valence-corrected chi connectivity index (χ1v) is 9.16. The van der Waals surface area contributed by atoms with Crippen molar-refractivity contribution in [3.8, 4) is 5.69 Å². The summed E-state index contributed by atoms with van der Waals surface area (Å²) in [6.45, 7) is 8.80. The van der Waals surface area contributed by atoms with Crippen molar-refractivity contribution >= 4 is 11.6 Å². The molecule has 142 valence electrons. The molecular formula is C20H25N5O2. The van der Waals surface area contributed by atoms with E-state index in [1.54, 1.807) is 21.4 Å². The van der Waals surface area contributed by atoms with Crippen LogP contribution < -0.4 is 10.9 Å². The second-order valence-electron chi connectivity index (χ2n) is 7.25. The van der Waals surface area contributed by atoms with Crippen LogP contribution in [0.3, 0.4) is 0 Å². The van der Waals surface area contributed by atoms with Gasteiger partial charge in [-0.25, -0.2) is 0 Å². The number of amides is 1. The Morgan fingerprint density at radius 3 is 2.63 bits per heavy atom. The van der Waals surface area contributed by atoms with E-state index in [4.69, 9.17) is 0 Å². The molecule has 7 heteroatoms. The Morgan fingerprint density at radius 2 is 1.93 bits per heavy atom. The normalized spacial score (nSPS) is 11.3. The van der Waals surface area contributed by atoms with Gasteiger partial charge in [0.15, 0.2) is 0 Å². The topological polar surface area (TPSA) is 81.3 Å². The molecule has 0 radical (unpaired) electrons. The van der Waals surface area contributed by atoms with Gasteiger partial charge in [0, 0.05) is 37.5 Å². The molecule has 27 heavy (non-hydrogen) atoms. The standard InChI is InChI=1S/C20H25N5O2/c1-13(2)12-21-18(26)8-7-17-22-23-19-20(27)24(9-10-25(17)19)16-6-5-14(3)15(4)11-16/h5-6,9-11,13H,7-8,12H2,1-4H3,(H,21,26). The molecule has 0 aliphatic heterocycles. The lowest BCUT2D eigenvalue weighted by Gasteiger charge is -2.09. The SMILES string of the molecule is Cc1ccc(-n2ccn3c(CCC(=O)NCC(C)C)nnc3c2=O)cc1C. The Morgan fingerprint density at radius 1 is 1.15 bits per heavy atom. The van der Waals surface area contributed by atoms with Gasteiger partial charge in [0.05, 0.1) is 0 Å². The van der Waals surface area contributed by atoms with Crippen LogP contribution in [0.2, 0.25) is 0 Å². The van der Waals surface area contributed by atoms with Crippen molar-refractivity contribution in [2.24, 2.45) is 5.92 Å². The van der Waals surface area contributed by atoms with Crippen molar-refractivity contribution in [1.82, 2.24) is 24.5 Å². The second kappa shape index (κ2) is 7.73. The number of fused-ring (bicyclic) bond motifs is 1. The summed E-state index contributed by atoms with van der Waals surface area (Å²) >= 11 is 0. The minimum atomic E-state index is -0.233. The fourth-order valence-electron chi connectivity index (χ4n) is 2.82. The monoisotopic (exact) mass is 367 g/mol. The number of benzene rings is 1. The minimum Gasteiger partial charge on any atom is -0.356 e. The molecule has 0 saturated heterocycles. The van der Waals surface area contributed by atoms with E-state index in [0.29, 0.717) is 31.1 Å². The van der Waals surface area contributed by atoms with Crippen LogP contribution in [0.15, 0.2) is 35.4 Å². The molecule has 1 N–H and O–H groups in total. The van der Waals surface area contributed by atoms with E-state index >= 15 is 0 Å². The maximum atomic E-state index is 12.8. The number of aryl methyl sites for hydroxylation is 3. The largest absolute Gasteiger partial charge is 0.356 e. The maximum absolute atomic E-state index is 12.8. The van der Waals surface area contributed by atoms with Gasteiger partial charge in [0.25, 0.3) is 0 Å². The molecule has 0 unspecified atom stereocenters. The molecule has 3 aromatic rings. The molecule has 0 atom stereocenters. The van der Waals surface area contributed by atoms with Crippen molar-refractivity contribution in [3.05, 3.63) is 57.9 Å². The van der Waals surface area contributed by atoms with Crippen molar-refractivity contribution in [2.45, 2.75) is 40.5 Å². The lowest BCUT2D eigenvalue weighted by atomic mass is 10.1. The van der Waals surface area contributed by atoms with Crippen LogP contribution in [0.5, 0.6) is 0 Å². The van der Waals surface area contributed by atoms with Crippen LogP contribution in [0, 0.1) is 19.8 Å². The Kier molecular flexibility index (Phi) is 5.39. The average molecular weight is 367 g/mol. The summed E-state index contributed by atoms with van der Waals surface area (Å²) in [5, 5.41) is 11.0. The third-order valence-electron chi connectivity index (χ3n) is 4.59. The van der Waals surface area contributed by atoms with Crippen LogP contribution in [0.1, 0.15) is 37.2 Å². The first kappa shape index (κ1) is 18.8. The fraction of sp³-hybridized carbons (Fsp3) is 0.400. The molecule has 0 saturated carbocycles. The zero-order valence-corrected chi connectivity index (χ0v) is 16.2. The highest BCUT2D eigenvalue weighted by atomic mass is 16.1. The number of rotatable bonds is 6. The number of carbonyl (C=O) groups is 1. The molecule has 0 aliphatic rings. The highest BCUT2D eigenvalue weighted by Gasteiger charge is 2.13. The van der Waals surface area contributed by atoms with Gasteiger partial charge < -0.3 is 5.32 Å². The molecular weight excluding hydrogens is 342 g/mol. The summed E-state index contributed by atoms with van der Waals surface area (Å²) < 4.78 is 3.23. The summed E-state index contributed by atoms with van der Waals surface area (Å²) in [6, 6.07) is 5.88. The summed E-state index contributed by atoms with van der Waals surface area (Å²) in [5.41, 5.74) is 3.11. The van der Waals surface area contributed by atoms with Crippen molar-refractivity contribution in [2.75, 3.05) is 6.54 Å². The van der Waals surface area contributed by atoms with E-state index in [2.05, 4.69) is 15.5 Å². The number of nitrogens with zero attached hydrogens (tertiary/aromatic N) is 4. The first-order valence-electron chi connectivity index (χ1n) is 9.16. The Bertz CT molecular complexity index is 1030. The average Bonchev–Trinajstić information content (AvgIpc) is 3.05. The highest BCUT2D eigenvalue weighted by molar-refractivity contribution is 5.76. The second-order valence-corrected chi connectivity index (χ2v) is 7.25. The Hall–Kier alpha value is -2.96. The van der Waals surface area contributed by atoms with Crippen molar-refractivity contribution < 1.29 is 4.79 Å². The molecule has 1 amide bonds. The van der Waals surface area contributed by atoms with Crippen LogP contribution in [0.25, 0.3) is 11.3 Å². The van der Waals surface area contributed by atoms with Crippen molar-refractivity contribution in [3.63, 3.8) is 0 Å². The quantitative estimate of drug-likeness (QED) is 0.724. The highest BCUT2D eigenvalue weighted by Crippen LogP contribution is 2.13. The molecule has 3 rings (SSSR count). The molecule has 7 nitrogen and oxygen atoms in total. The van der Waals surface area contributed by atoms with Gasteiger partial charge in [-0.05, 0) is 43.0 Å². The number of hydrogen-bond donors (Lipinski definition) is 1. The molecule has 2 aromatic heterocycles. The minimum absolute atomic E-state index is 0.0241. The zero-order valence-electron chi connectivity index (χ0n) is 16.2. The van der Waals surface area contributed by atoms with E-state index in [9.17, 15) is 9.59 Å². The molecule has 0 aliphatic carbocycles. The van der Waals surface area contributed by atoms with Gasteiger partial charge in [0.2, 0.25) is 11.6 Å². The number of aromatic nitrogens is 4. The third-order valence-corrected chi connectivity index (χ3v) is 4.59. The molecule has 2 heterocycles. The number of carbonyl (C=O) groups excluding carboxylic acids is 1. The van der Waals surface area contributed by atoms with Crippen LogP contribution in [-0.4, -0.2) is 31.6 Å². The van der Waals surface area contributed by atoms with E-state index < -0.39 is 0 Å². The van der Waals surface area contributed by atoms with E-state index in [-0.39, 0.29) is 17.1 Å². The predicted octanol–water partition coefficient (Wildman–Crippen LogP) is 2.20. The number of nitrogens with one attached hydrogen (secondary N) is 1. The number of hydrogen-bond acceptors (Lipinski definition) is 4. The molecule has 0 spiro atoms. The fourth-order valence-corrected chi connectivity index (χ4v) is 2.82. The summed E-state index contributed by atoms with van der Waals surface area (Å²) in [4.78, 5) is 24.7. The summed E-state index contributed by atoms with van der Waals surface area (Å²) in [7, 11) is 0. The van der Waals surface area contributed by atoms with Gasteiger partial charge in [-0.2, -0.15) is 0 Å². The van der Waals surface area contributed by atoms with Gasteiger partial charge in [-0.3, -0.25) is 18.6 Å². The van der Waals surface area contributed by atoms with E-state index in [0.717, 1.165) is 11.3 Å². The Labute approximate surface area is 158 Å². The van der Waals surface area contributed by atoms with Gasteiger partial charge in [-0.15, -0.1) is 10.2 Å². The summed E-state index contributed by atoms with van der Waals surface area (Å²) in [6.07, 6.45) is 4.23. The van der Waals surface area contributed by atoms with Crippen LogP contribution in [0.4, 0.5) is 0 Å². The predicted molar refractivity (Wildman–Crippen MR) is 104 cm³/mol. The van der Waals surface area contributed by atoms with E-state index in [1.165, 1.54) is 5.56 Å². The Balaban J connectivity index is 1.83. The molecule has 0 bridgehead atoms. The van der Waals surface area contributed by atoms with Crippen LogP contribution in [-0.2, 0) is 11.2 Å². The van der Waals surface area contributed by atoms with E-state index in [1.807, 2.05) is 45.9 Å². The maximum Gasteiger partial charge on any atom is 0.300 e. The zero-order chi connectivity index (χ0) is 19.6. The smallest absolute Gasteiger partial charge is 0.300 e. The molecule has 0 fully saturated rings. The molecule has 1 aromatic carbocycles.